The van der Waals surface area contributed by atoms with Crippen molar-refractivity contribution in [2.75, 3.05) is 19.6 Å². The zero-order valence-electron chi connectivity index (χ0n) is 12.1. The van der Waals surface area contributed by atoms with E-state index in [1.807, 2.05) is 0 Å². The molecular weight excluding hydrogens is 260 g/mol. The first-order valence-electron chi connectivity index (χ1n) is 7.28. The highest BCUT2D eigenvalue weighted by molar-refractivity contribution is 5.84. The van der Waals surface area contributed by atoms with Crippen molar-refractivity contribution in [3.8, 4) is 0 Å². The van der Waals surface area contributed by atoms with Crippen LogP contribution in [0.15, 0.2) is 0 Å². The van der Waals surface area contributed by atoms with Gasteiger partial charge >= 0.3 is 5.97 Å². The molecule has 1 fully saturated rings. The number of carbonyl (C=O) groups excluding carboxylic acids is 2. The molecule has 0 aromatic heterocycles. The summed E-state index contributed by atoms with van der Waals surface area (Å²) in [5.41, 5.74) is 0. The highest BCUT2D eigenvalue weighted by Gasteiger charge is 2.19. The molecule has 0 aromatic rings. The van der Waals surface area contributed by atoms with Crippen LogP contribution in [-0.2, 0) is 14.4 Å². The third kappa shape index (κ3) is 6.04. The van der Waals surface area contributed by atoms with Crippen LogP contribution in [0.5, 0.6) is 0 Å². The maximum absolute atomic E-state index is 11.7. The summed E-state index contributed by atoms with van der Waals surface area (Å²) in [6, 6.07) is 0. The van der Waals surface area contributed by atoms with E-state index in [0.29, 0.717) is 32.4 Å². The van der Waals surface area contributed by atoms with E-state index in [-0.39, 0.29) is 24.3 Å². The maximum atomic E-state index is 11.7. The second-order valence-corrected chi connectivity index (χ2v) is 5.36. The number of aliphatic carboxylic acids is 1. The first-order chi connectivity index (χ1) is 9.50. The molecule has 6 heteroatoms. The summed E-state index contributed by atoms with van der Waals surface area (Å²) in [5.74, 6) is -1.31. The topological polar surface area (TPSA) is 86.7 Å². The Morgan fingerprint density at radius 3 is 2.80 bits per heavy atom. The Morgan fingerprint density at radius 1 is 1.35 bits per heavy atom. The number of hydrogen-bond acceptors (Lipinski definition) is 3. The van der Waals surface area contributed by atoms with Gasteiger partial charge in [-0.05, 0) is 25.7 Å². The van der Waals surface area contributed by atoms with Gasteiger partial charge in [-0.2, -0.15) is 0 Å². The zero-order chi connectivity index (χ0) is 15.0. The largest absolute Gasteiger partial charge is 0.481 e. The molecule has 2 N–H and O–H groups in total. The van der Waals surface area contributed by atoms with Crippen molar-refractivity contribution in [3.05, 3.63) is 0 Å². The highest BCUT2D eigenvalue weighted by atomic mass is 16.4. The van der Waals surface area contributed by atoms with Gasteiger partial charge < -0.3 is 15.3 Å². The third-order valence-corrected chi connectivity index (χ3v) is 3.56. The van der Waals surface area contributed by atoms with E-state index in [1.165, 1.54) is 0 Å². The van der Waals surface area contributed by atoms with Gasteiger partial charge in [-0.25, -0.2) is 0 Å². The van der Waals surface area contributed by atoms with E-state index in [2.05, 4.69) is 5.32 Å². The second kappa shape index (κ2) is 8.55. The first-order valence-corrected chi connectivity index (χ1v) is 7.28. The van der Waals surface area contributed by atoms with Crippen molar-refractivity contribution in [1.29, 1.82) is 0 Å². The molecule has 0 aliphatic carbocycles. The van der Waals surface area contributed by atoms with Gasteiger partial charge in [0.25, 0.3) is 0 Å². The number of nitrogens with one attached hydrogen (secondary N) is 1. The van der Waals surface area contributed by atoms with Crippen LogP contribution in [0, 0.1) is 5.92 Å². The van der Waals surface area contributed by atoms with E-state index < -0.39 is 5.97 Å². The lowest BCUT2D eigenvalue weighted by Gasteiger charge is -2.19. The molecule has 0 spiro atoms. The molecule has 6 nitrogen and oxygen atoms in total. The number of carbonyl (C=O) groups is 3. The van der Waals surface area contributed by atoms with Crippen LogP contribution in [0.4, 0.5) is 0 Å². The minimum absolute atomic E-state index is 0.0529. The molecule has 0 aromatic carbocycles. The van der Waals surface area contributed by atoms with Crippen molar-refractivity contribution in [1.82, 2.24) is 10.2 Å². The number of amides is 2. The van der Waals surface area contributed by atoms with Gasteiger partial charge in [-0.1, -0.05) is 13.3 Å². The summed E-state index contributed by atoms with van der Waals surface area (Å²) < 4.78 is 0. The van der Waals surface area contributed by atoms with Crippen molar-refractivity contribution < 1.29 is 19.5 Å². The van der Waals surface area contributed by atoms with Crippen LogP contribution in [0.1, 0.15) is 45.4 Å². The number of rotatable bonds is 7. The predicted molar refractivity (Wildman–Crippen MR) is 74.1 cm³/mol. The molecule has 0 bridgehead atoms. The molecule has 1 rings (SSSR count). The van der Waals surface area contributed by atoms with Crippen LogP contribution in [0.25, 0.3) is 0 Å². The van der Waals surface area contributed by atoms with Crippen molar-refractivity contribution in [3.63, 3.8) is 0 Å². The van der Waals surface area contributed by atoms with Crippen molar-refractivity contribution >= 4 is 17.8 Å². The summed E-state index contributed by atoms with van der Waals surface area (Å²) in [6.07, 6.45) is 4.60. The van der Waals surface area contributed by atoms with E-state index in [0.717, 1.165) is 19.3 Å². The molecule has 2 amide bonds. The molecule has 1 unspecified atom stereocenters. The summed E-state index contributed by atoms with van der Waals surface area (Å²) in [7, 11) is 0. The molecule has 1 aliphatic rings. The lowest BCUT2D eigenvalue weighted by Crippen LogP contribution is -2.40. The molecule has 1 atom stereocenters. The Kier molecular flexibility index (Phi) is 7.04. The summed E-state index contributed by atoms with van der Waals surface area (Å²) >= 11 is 0. The monoisotopic (exact) mass is 284 g/mol. The Balaban J connectivity index is 2.19. The number of carboxylic acids is 1. The fourth-order valence-corrected chi connectivity index (χ4v) is 2.19. The Hall–Kier alpha value is -1.59. The summed E-state index contributed by atoms with van der Waals surface area (Å²) in [5, 5.41) is 11.5. The minimum atomic E-state index is -0.813. The van der Waals surface area contributed by atoms with E-state index >= 15 is 0 Å². The minimum Gasteiger partial charge on any atom is -0.481 e. The molecule has 20 heavy (non-hydrogen) atoms. The van der Waals surface area contributed by atoms with Gasteiger partial charge in [-0.3, -0.25) is 14.4 Å². The van der Waals surface area contributed by atoms with Crippen LogP contribution in [-0.4, -0.2) is 47.4 Å². The zero-order valence-corrected chi connectivity index (χ0v) is 12.1. The third-order valence-electron chi connectivity index (χ3n) is 3.56. The van der Waals surface area contributed by atoms with E-state index in [4.69, 9.17) is 5.11 Å². The normalized spacial score (nSPS) is 17.4. The van der Waals surface area contributed by atoms with Gasteiger partial charge in [-0.15, -0.1) is 0 Å². The maximum Gasteiger partial charge on any atom is 0.306 e. The number of carboxylic acid groups (broad SMARTS) is 1. The molecule has 114 valence electrons. The number of nitrogens with zero attached hydrogens (tertiary/aromatic N) is 1. The number of hydrogen-bond donors (Lipinski definition) is 2. The SMILES string of the molecule is CC(CCCNC(=O)CN1CCCCCC1=O)C(=O)O. The smallest absolute Gasteiger partial charge is 0.306 e. The molecule has 1 heterocycles. The van der Waals surface area contributed by atoms with E-state index in [9.17, 15) is 14.4 Å². The second-order valence-electron chi connectivity index (χ2n) is 5.36. The van der Waals surface area contributed by atoms with Crippen LogP contribution in [0.3, 0.4) is 0 Å². The number of likely N-dealkylation sites (tertiary alicyclic amines) is 1. The van der Waals surface area contributed by atoms with Gasteiger partial charge in [0.1, 0.15) is 0 Å². The van der Waals surface area contributed by atoms with Crippen molar-refractivity contribution in [2.24, 2.45) is 5.92 Å². The molecule has 0 radical (unpaired) electrons. The van der Waals surface area contributed by atoms with Gasteiger partial charge in [0.15, 0.2) is 0 Å². The average Bonchev–Trinajstić information content (AvgIpc) is 2.60. The van der Waals surface area contributed by atoms with Crippen LogP contribution in [0.2, 0.25) is 0 Å². The molecular formula is C14H24N2O4. The summed E-state index contributed by atoms with van der Waals surface area (Å²) in [4.78, 5) is 35.7. The fraction of sp³-hybridized carbons (Fsp3) is 0.786. The Bertz CT molecular complexity index is 357. The fourth-order valence-electron chi connectivity index (χ4n) is 2.19. The Morgan fingerprint density at radius 2 is 2.10 bits per heavy atom. The average molecular weight is 284 g/mol. The van der Waals surface area contributed by atoms with Crippen LogP contribution >= 0.6 is 0 Å². The summed E-state index contributed by atoms with van der Waals surface area (Å²) in [6.45, 7) is 2.88. The predicted octanol–water partition coefficient (Wildman–Crippen LogP) is 1.01. The molecule has 0 saturated carbocycles. The highest BCUT2D eigenvalue weighted by Crippen LogP contribution is 2.10. The van der Waals surface area contributed by atoms with Crippen molar-refractivity contribution in [2.45, 2.75) is 45.4 Å². The van der Waals surface area contributed by atoms with Gasteiger partial charge in [0.05, 0.1) is 12.5 Å². The lowest BCUT2D eigenvalue weighted by molar-refractivity contribution is -0.141. The van der Waals surface area contributed by atoms with E-state index in [1.54, 1.807) is 11.8 Å². The van der Waals surface area contributed by atoms with Gasteiger partial charge in [0, 0.05) is 19.5 Å². The standard InChI is InChI=1S/C14H24N2O4/c1-11(14(19)20)6-5-8-15-12(17)10-16-9-4-2-3-7-13(16)18/h11H,2-10H2,1H3,(H,15,17)(H,19,20). The lowest BCUT2D eigenvalue weighted by atomic mass is 10.1. The quantitative estimate of drug-likeness (QED) is 0.683. The Labute approximate surface area is 119 Å². The molecule has 1 aliphatic heterocycles. The first kappa shape index (κ1) is 16.5. The van der Waals surface area contributed by atoms with Crippen LogP contribution < -0.4 is 5.32 Å². The molecule has 1 saturated heterocycles. The van der Waals surface area contributed by atoms with Gasteiger partial charge in [0.2, 0.25) is 11.8 Å².